The molecule has 1 saturated heterocycles. The second-order valence-electron chi connectivity index (χ2n) is 4.70. The molecule has 1 aliphatic heterocycles. The minimum absolute atomic E-state index is 0.0499. The Labute approximate surface area is 137 Å². The van der Waals surface area contributed by atoms with E-state index in [9.17, 15) is 4.79 Å². The highest BCUT2D eigenvalue weighted by Gasteiger charge is 2.31. The van der Waals surface area contributed by atoms with E-state index in [1.807, 2.05) is 30.0 Å². The van der Waals surface area contributed by atoms with E-state index in [4.69, 9.17) is 22.7 Å². The van der Waals surface area contributed by atoms with Gasteiger partial charge in [-0.25, -0.2) is 0 Å². The summed E-state index contributed by atoms with van der Waals surface area (Å²) in [4.78, 5) is 14.6. The van der Waals surface area contributed by atoms with Crippen LogP contribution in [0, 0.1) is 0 Å². The number of morpholine rings is 1. The molecule has 1 atom stereocenters. The van der Waals surface area contributed by atoms with Crippen LogP contribution < -0.4 is 16.0 Å². The average molecular weight is 372 g/mol. The number of halogens is 1. The molecule has 1 amide bonds. The number of carbonyl (C=O) groups is 1. The summed E-state index contributed by atoms with van der Waals surface area (Å²) >= 11 is 8.58. The van der Waals surface area contributed by atoms with Gasteiger partial charge in [0.2, 0.25) is 5.91 Å². The van der Waals surface area contributed by atoms with E-state index in [2.05, 4.69) is 21.2 Å². The van der Waals surface area contributed by atoms with Crippen LogP contribution in [0.15, 0.2) is 22.7 Å². The largest absolute Gasteiger partial charge is 0.389 e. The summed E-state index contributed by atoms with van der Waals surface area (Å²) in [6, 6.07) is 5.32. The average Bonchev–Trinajstić information content (AvgIpc) is 2.47. The number of hydrogen-bond acceptors (Lipinski definition) is 4. The van der Waals surface area contributed by atoms with Crippen molar-refractivity contribution in [2.24, 2.45) is 5.73 Å². The van der Waals surface area contributed by atoms with Crippen LogP contribution in [0.4, 0.5) is 5.69 Å². The van der Waals surface area contributed by atoms with Gasteiger partial charge in [-0.05, 0) is 25.1 Å². The van der Waals surface area contributed by atoms with Crippen molar-refractivity contribution in [1.82, 2.24) is 5.32 Å². The lowest BCUT2D eigenvalue weighted by molar-refractivity contribution is -0.124. The molecule has 0 bridgehead atoms. The predicted molar refractivity (Wildman–Crippen MR) is 90.7 cm³/mol. The van der Waals surface area contributed by atoms with Gasteiger partial charge in [0.1, 0.15) is 11.0 Å². The fourth-order valence-corrected chi connectivity index (χ4v) is 2.87. The molecule has 3 N–H and O–H groups in total. The van der Waals surface area contributed by atoms with Crippen LogP contribution in [0.3, 0.4) is 0 Å². The van der Waals surface area contributed by atoms with Crippen LogP contribution in [0.5, 0.6) is 0 Å². The molecule has 1 aliphatic rings. The Kier molecular flexibility index (Phi) is 5.55. The Hall–Kier alpha value is -1.18. The lowest BCUT2D eigenvalue weighted by atomic mass is 10.1. The van der Waals surface area contributed by atoms with Crippen molar-refractivity contribution in [1.29, 1.82) is 0 Å². The van der Waals surface area contributed by atoms with Crippen LogP contribution >= 0.6 is 28.1 Å². The first-order valence-electron chi connectivity index (χ1n) is 6.76. The van der Waals surface area contributed by atoms with Gasteiger partial charge in [0.05, 0.1) is 13.2 Å². The summed E-state index contributed by atoms with van der Waals surface area (Å²) in [6.45, 7) is 4.03. The third-order valence-electron chi connectivity index (χ3n) is 3.32. The molecule has 1 heterocycles. The maximum absolute atomic E-state index is 12.2. The Morgan fingerprint density at radius 1 is 1.62 bits per heavy atom. The zero-order valence-corrected chi connectivity index (χ0v) is 14.2. The Bertz CT molecular complexity index is 553. The van der Waals surface area contributed by atoms with Gasteiger partial charge >= 0.3 is 0 Å². The number of ether oxygens (including phenoxy) is 1. The van der Waals surface area contributed by atoms with Gasteiger partial charge in [0, 0.05) is 28.8 Å². The summed E-state index contributed by atoms with van der Waals surface area (Å²) in [5, 5.41) is 2.84. The Balaban J connectivity index is 2.39. The number of rotatable bonds is 4. The summed E-state index contributed by atoms with van der Waals surface area (Å²) in [6.07, 6.45) is 0. The Morgan fingerprint density at radius 3 is 3.05 bits per heavy atom. The molecular formula is C14H18BrN3O2S. The first-order valence-corrected chi connectivity index (χ1v) is 7.96. The summed E-state index contributed by atoms with van der Waals surface area (Å²) < 4.78 is 6.37. The first-order chi connectivity index (χ1) is 10.0. The number of nitrogens with zero attached hydrogens (tertiary/aromatic N) is 1. The SMILES string of the molecule is CCNC(=O)C1COCCN1c1cc(Br)ccc1C(N)=S. The van der Waals surface area contributed by atoms with Crippen molar-refractivity contribution in [3.63, 3.8) is 0 Å². The van der Waals surface area contributed by atoms with Crippen LogP contribution in [0.25, 0.3) is 0 Å². The van der Waals surface area contributed by atoms with Crippen molar-refractivity contribution < 1.29 is 9.53 Å². The second kappa shape index (κ2) is 7.20. The molecule has 0 aliphatic carbocycles. The lowest BCUT2D eigenvalue weighted by Gasteiger charge is -2.37. The number of likely N-dealkylation sites (N-methyl/N-ethyl adjacent to an activating group) is 1. The molecule has 114 valence electrons. The molecule has 1 unspecified atom stereocenters. The van der Waals surface area contributed by atoms with Crippen molar-refractivity contribution in [2.45, 2.75) is 13.0 Å². The molecule has 1 fully saturated rings. The first kappa shape index (κ1) is 16.2. The van der Waals surface area contributed by atoms with Gasteiger partial charge in [-0.3, -0.25) is 4.79 Å². The van der Waals surface area contributed by atoms with E-state index in [1.165, 1.54) is 0 Å². The number of nitrogens with one attached hydrogen (secondary N) is 1. The molecule has 0 aromatic heterocycles. The molecule has 21 heavy (non-hydrogen) atoms. The van der Waals surface area contributed by atoms with Gasteiger partial charge in [0.15, 0.2) is 0 Å². The van der Waals surface area contributed by atoms with Gasteiger partial charge < -0.3 is 20.7 Å². The van der Waals surface area contributed by atoms with E-state index in [-0.39, 0.29) is 11.9 Å². The number of carbonyl (C=O) groups excluding carboxylic acids is 1. The van der Waals surface area contributed by atoms with E-state index in [0.29, 0.717) is 31.3 Å². The molecule has 0 saturated carbocycles. The van der Waals surface area contributed by atoms with Crippen molar-refractivity contribution in [2.75, 3.05) is 31.2 Å². The summed E-state index contributed by atoms with van der Waals surface area (Å²) in [5.74, 6) is -0.0499. The van der Waals surface area contributed by atoms with E-state index < -0.39 is 0 Å². The van der Waals surface area contributed by atoms with Crippen molar-refractivity contribution in [3.05, 3.63) is 28.2 Å². The number of amides is 1. The maximum atomic E-state index is 12.2. The summed E-state index contributed by atoms with van der Waals surface area (Å²) in [5.41, 5.74) is 7.43. The van der Waals surface area contributed by atoms with E-state index in [1.54, 1.807) is 0 Å². The molecular weight excluding hydrogens is 354 g/mol. The minimum atomic E-state index is -0.374. The van der Waals surface area contributed by atoms with Crippen LogP contribution in [0.2, 0.25) is 0 Å². The number of benzene rings is 1. The maximum Gasteiger partial charge on any atom is 0.245 e. The number of nitrogens with two attached hydrogens (primary N) is 1. The van der Waals surface area contributed by atoms with E-state index >= 15 is 0 Å². The van der Waals surface area contributed by atoms with Gasteiger partial charge in [0.25, 0.3) is 0 Å². The second-order valence-corrected chi connectivity index (χ2v) is 6.06. The van der Waals surface area contributed by atoms with E-state index in [0.717, 1.165) is 15.7 Å². The normalized spacial score (nSPS) is 18.4. The van der Waals surface area contributed by atoms with Crippen molar-refractivity contribution in [3.8, 4) is 0 Å². The standard InChI is InChI=1S/C14H18BrN3O2S/c1-2-17-14(19)12-8-20-6-5-18(12)11-7-9(15)3-4-10(11)13(16)21/h3-4,7,12H,2,5-6,8H2,1H3,(H2,16,21)(H,17,19). The predicted octanol–water partition coefficient (Wildman–Crippen LogP) is 1.42. The quantitative estimate of drug-likeness (QED) is 0.783. The fourth-order valence-electron chi connectivity index (χ4n) is 2.35. The van der Waals surface area contributed by atoms with Crippen molar-refractivity contribution >= 4 is 44.7 Å². The fraction of sp³-hybridized carbons (Fsp3) is 0.429. The topological polar surface area (TPSA) is 67.6 Å². The van der Waals surface area contributed by atoms with Gasteiger partial charge in [-0.2, -0.15) is 0 Å². The third kappa shape index (κ3) is 3.72. The van der Waals surface area contributed by atoms with Crippen LogP contribution in [0.1, 0.15) is 12.5 Å². The molecule has 0 radical (unpaired) electrons. The third-order valence-corrected chi connectivity index (χ3v) is 4.03. The molecule has 2 rings (SSSR count). The zero-order valence-electron chi connectivity index (χ0n) is 11.8. The highest BCUT2D eigenvalue weighted by molar-refractivity contribution is 9.10. The molecule has 1 aromatic carbocycles. The number of hydrogen-bond donors (Lipinski definition) is 2. The molecule has 7 heteroatoms. The molecule has 5 nitrogen and oxygen atoms in total. The molecule has 0 spiro atoms. The minimum Gasteiger partial charge on any atom is -0.389 e. The number of anilines is 1. The lowest BCUT2D eigenvalue weighted by Crippen LogP contribution is -2.54. The smallest absolute Gasteiger partial charge is 0.245 e. The number of thiocarbonyl (C=S) groups is 1. The highest BCUT2D eigenvalue weighted by atomic mass is 79.9. The zero-order chi connectivity index (χ0) is 15.4. The summed E-state index contributed by atoms with van der Waals surface area (Å²) in [7, 11) is 0. The van der Waals surface area contributed by atoms with Crippen LogP contribution in [-0.4, -0.2) is 43.2 Å². The van der Waals surface area contributed by atoms with Gasteiger partial charge in [-0.1, -0.05) is 28.1 Å². The monoisotopic (exact) mass is 371 g/mol. The Morgan fingerprint density at radius 2 is 2.38 bits per heavy atom. The highest BCUT2D eigenvalue weighted by Crippen LogP contribution is 2.28. The van der Waals surface area contributed by atoms with Gasteiger partial charge in [-0.15, -0.1) is 0 Å². The van der Waals surface area contributed by atoms with Crippen LogP contribution in [-0.2, 0) is 9.53 Å². The molecule has 1 aromatic rings.